The molecule has 0 saturated carbocycles. The lowest BCUT2D eigenvalue weighted by Crippen LogP contribution is -2.33. The van der Waals surface area contributed by atoms with Crippen molar-refractivity contribution in [2.45, 2.75) is 26.8 Å². The SMILES string of the molecule is CC(=O)C(Nc1n[nH]c(N)n1)C(C)C. The number of rotatable bonds is 4. The Morgan fingerprint density at radius 2 is 2.21 bits per heavy atom. The monoisotopic (exact) mass is 197 g/mol. The van der Waals surface area contributed by atoms with Crippen LogP contribution in [0.1, 0.15) is 20.8 Å². The molecule has 14 heavy (non-hydrogen) atoms. The number of hydrogen-bond donors (Lipinski definition) is 3. The van der Waals surface area contributed by atoms with Crippen LogP contribution in [-0.4, -0.2) is 27.0 Å². The number of nitrogen functional groups attached to an aromatic ring is 1. The van der Waals surface area contributed by atoms with Crippen molar-refractivity contribution in [1.29, 1.82) is 0 Å². The van der Waals surface area contributed by atoms with Gasteiger partial charge < -0.3 is 11.1 Å². The van der Waals surface area contributed by atoms with Gasteiger partial charge in [0.25, 0.3) is 0 Å². The molecule has 0 aliphatic carbocycles. The van der Waals surface area contributed by atoms with Gasteiger partial charge in [-0.1, -0.05) is 13.8 Å². The number of aromatic amines is 1. The molecule has 0 radical (unpaired) electrons. The largest absolute Gasteiger partial charge is 0.368 e. The Hall–Kier alpha value is -1.59. The molecule has 0 amide bonds. The maximum absolute atomic E-state index is 11.2. The van der Waals surface area contributed by atoms with Crippen LogP contribution < -0.4 is 11.1 Å². The second-order valence-electron chi connectivity index (χ2n) is 3.52. The van der Waals surface area contributed by atoms with Gasteiger partial charge in [0.05, 0.1) is 6.04 Å². The minimum absolute atomic E-state index is 0.0587. The predicted octanol–water partition coefficient (Wildman–Crippen LogP) is 0.412. The summed E-state index contributed by atoms with van der Waals surface area (Å²) in [5.41, 5.74) is 5.35. The lowest BCUT2D eigenvalue weighted by Gasteiger charge is -2.17. The lowest BCUT2D eigenvalue weighted by atomic mass is 10.0. The van der Waals surface area contributed by atoms with E-state index >= 15 is 0 Å². The van der Waals surface area contributed by atoms with Crippen molar-refractivity contribution in [2.75, 3.05) is 11.1 Å². The Kier molecular flexibility index (Phi) is 3.06. The summed E-state index contributed by atoms with van der Waals surface area (Å²) in [6.07, 6.45) is 0. The summed E-state index contributed by atoms with van der Waals surface area (Å²) in [6.45, 7) is 5.44. The number of nitrogens with two attached hydrogens (primary N) is 1. The molecule has 1 aromatic heterocycles. The second-order valence-corrected chi connectivity index (χ2v) is 3.52. The molecule has 0 spiro atoms. The van der Waals surface area contributed by atoms with E-state index in [1.54, 1.807) is 0 Å². The van der Waals surface area contributed by atoms with Crippen molar-refractivity contribution < 1.29 is 4.79 Å². The lowest BCUT2D eigenvalue weighted by molar-refractivity contribution is -0.118. The third-order valence-corrected chi connectivity index (χ3v) is 1.89. The van der Waals surface area contributed by atoms with Crippen molar-refractivity contribution in [1.82, 2.24) is 15.2 Å². The minimum atomic E-state index is -0.273. The Balaban J connectivity index is 2.69. The van der Waals surface area contributed by atoms with Crippen LogP contribution in [0.5, 0.6) is 0 Å². The first-order valence-corrected chi connectivity index (χ1v) is 4.45. The zero-order valence-corrected chi connectivity index (χ0v) is 8.53. The zero-order chi connectivity index (χ0) is 10.7. The molecular weight excluding hydrogens is 182 g/mol. The molecule has 0 bridgehead atoms. The summed E-state index contributed by atoms with van der Waals surface area (Å²) in [7, 11) is 0. The molecule has 0 saturated heterocycles. The van der Waals surface area contributed by atoms with Crippen LogP contribution in [0.15, 0.2) is 0 Å². The van der Waals surface area contributed by atoms with E-state index in [0.29, 0.717) is 5.95 Å². The molecule has 0 fully saturated rings. The average molecular weight is 197 g/mol. The van der Waals surface area contributed by atoms with Crippen molar-refractivity contribution >= 4 is 17.7 Å². The number of H-pyrrole nitrogens is 1. The smallest absolute Gasteiger partial charge is 0.244 e. The molecule has 0 aliphatic rings. The van der Waals surface area contributed by atoms with Crippen LogP contribution in [-0.2, 0) is 4.79 Å². The number of ketones is 1. The summed E-state index contributed by atoms with van der Waals surface area (Å²) >= 11 is 0. The molecule has 6 nitrogen and oxygen atoms in total. The normalized spacial score (nSPS) is 12.9. The molecule has 6 heteroatoms. The van der Waals surface area contributed by atoms with E-state index in [2.05, 4.69) is 20.5 Å². The third kappa shape index (κ3) is 2.45. The first kappa shape index (κ1) is 10.5. The van der Waals surface area contributed by atoms with Crippen molar-refractivity contribution in [3.05, 3.63) is 0 Å². The molecule has 4 N–H and O–H groups in total. The minimum Gasteiger partial charge on any atom is -0.368 e. The van der Waals surface area contributed by atoms with Crippen molar-refractivity contribution in [3.63, 3.8) is 0 Å². The van der Waals surface area contributed by atoms with Gasteiger partial charge in [-0.3, -0.25) is 4.79 Å². The van der Waals surface area contributed by atoms with Crippen molar-refractivity contribution in [2.24, 2.45) is 5.92 Å². The number of aromatic nitrogens is 3. The van der Waals surface area contributed by atoms with E-state index in [1.807, 2.05) is 13.8 Å². The first-order chi connectivity index (χ1) is 6.50. The van der Waals surface area contributed by atoms with E-state index in [4.69, 9.17) is 5.73 Å². The van der Waals surface area contributed by atoms with Gasteiger partial charge in [-0.15, -0.1) is 5.10 Å². The van der Waals surface area contributed by atoms with Gasteiger partial charge in [0, 0.05) is 0 Å². The molecular formula is C8H15N5O. The highest BCUT2D eigenvalue weighted by Gasteiger charge is 2.19. The highest BCUT2D eigenvalue weighted by Crippen LogP contribution is 2.09. The van der Waals surface area contributed by atoms with Gasteiger partial charge in [-0.05, 0) is 12.8 Å². The molecule has 1 unspecified atom stereocenters. The summed E-state index contributed by atoms with van der Waals surface area (Å²) in [4.78, 5) is 15.1. The van der Waals surface area contributed by atoms with Crippen LogP contribution in [0.2, 0.25) is 0 Å². The number of carbonyl (C=O) groups is 1. The second kappa shape index (κ2) is 4.08. The van der Waals surface area contributed by atoms with Gasteiger partial charge in [0.1, 0.15) is 0 Å². The van der Waals surface area contributed by atoms with Gasteiger partial charge in [-0.2, -0.15) is 4.98 Å². The standard InChI is InChI=1S/C8H15N5O/c1-4(2)6(5(3)14)10-8-11-7(9)12-13-8/h4,6H,1-3H3,(H4,9,10,11,12,13). The fourth-order valence-corrected chi connectivity index (χ4v) is 1.22. The van der Waals surface area contributed by atoms with Crippen LogP contribution in [0.3, 0.4) is 0 Å². The zero-order valence-electron chi connectivity index (χ0n) is 8.53. The highest BCUT2D eigenvalue weighted by atomic mass is 16.1. The van der Waals surface area contributed by atoms with E-state index in [-0.39, 0.29) is 23.7 Å². The summed E-state index contributed by atoms with van der Waals surface area (Å²) in [5, 5.41) is 9.21. The first-order valence-electron chi connectivity index (χ1n) is 4.45. The van der Waals surface area contributed by atoms with Gasteiger partial charge in [0.15, 0.2) is 5.78 Å². The van der Waals surface area contributed by atoms with Crippen LogP contribution in [0.25, 0.3) is 0 Å². The molecule has 78 valence electrons. The molecule has 1 atom stereocenters. The molecule has 0 aliphatic heterocycles. The van der Waals surface area contributed by atoms with E-state index in [1.165, 1.54) is 6.92 Å². The highest BCUT2D eigenvalue weighted by molar-refractivity contribution is 5.84. The number of hydrogen-bond acceptors (Lipinski definition) is 5. The number of anilines is 2. The number of carbonyl (C=O) groups excluding carboxylic acids is 1. The Labute approximate surface area is 82.3 Å². The van der Waals surface area contributed by atoms with Crippen molar-refractivity contribution in [3.8, 4) is 0 Å². The summed E-state index contributed by atoms with van der Waals surface area (Å²) < 4.78 is 0. The maximum atomic E-state index is 11.2. The van der Waals surface area contributed by atoms with E-state index in [0.717, 1.165) is 0 Å². The van der Waals surface area contributed by atoms with Crippen LogP contribution in [0.4, 0.5) is 11.9 Å². The van der Waals surface area contributed by atoms with E-state index in [9.17, 15) is 4.79 Å². The topological polar surface area (TPSA) is 96.7 Å². The number of nitrogens with zero attached hydrogens (tertiary/aromatic N) is 2. The summed E-state index contributed by atoms with van der Waals surface area (Å²) in [5.74, 6) is 0.838. The quantitative estimate of drug-likeness (QED) is 0.649. The fraction of sp³-hybridized carbons (Fsp3) is 0.625. The van der Waals surface area contributed by atoms with E-state index < -0.39 is 0 Å². The van der Waals surface area contributed by atoms with Gasteiger partial charge in [-0.25, -0.2) is 5.10 Å². The number of nitrogens with one attached hydrogen (secondary N) is 2. The Bertz CT molecular complexity index is 319. The third-order valence-electron chi connectivity index (χ3n) is 1.89. The van der Waals surface area contributed by atoms with Crippen LogP contribution >= 0.6 is 0 Å². The number of Topliss-reactive ketones (excluding diaryl/α,β-unsaturated/α-hetero) is 1. The molecule has 1 heterocycles. The average Bonchev–Trinajstić information content (AvgIpc) is 2.46. The predicted molar refractivity (Wildman–Crippen MR) is 53.7 cm³/mol. The van der Waals surface area contributed by atoms with Crippen LogP contribution in [0, 0.1) is 5.92 Å². The van der Waals surface area contributed by atoms with Gasteiger partial charge in [0.2, 0.25) is 11.9 Å². The van der Waals surface area contributed by atoms with Gasteiger partial charge >= 0.3 is 0 Å². The molecule has 1 aromatic rings. The maximum Gasteiger partial charge on any atom is 0.244 e. The Morgan fingerprint density at radius 1 is 1.57 bits per heavy atom. The molecule has 0 aromatic carbocycles. The Morgan fingerprint density at radius 3 is 2.57 bits per heavy atom. The molecule has 1 rings (SSSR count). The summed E-state index contributed by atoms with van der Waals surface area (Å²) in [6, 6.07) is -0.273. The fourth-order valence-electron chi connectivity index (χ4n) is 1.22.